The molecule has 0 heterocycles. The van der Waals surface area contributed by atoms with Gasteiger partial charge in [0.25, 0.3) is 0 Å². The summed E-state index contributed by atoms with van der Waals surface area (Å²) in [7, 11) is 1.97. The number of hydrogen-bond acceptors (Lipinski definition) is 2. The third-order valence-corrected chi connectivity index (χ3v) is 3.29. The Kier molecular flexibility index (Phi) is 4.17. The van der Waals surface area contributed by atoms with E-state index in [9.17, 15) is 4.39 Å². The summed E-state index contributed by atoms with van der Waals surface area (Å²) in [6.45, 7) is 3.06. The van der Waals surface area contributed by atoms with E-state index in [1.54, 1.807) is 6.07 Å². The molecule has 19 heavy (non-hydrogen) atoms. The van der Waals surface area contributed by atoms with Gasteiger partial charge in [-0.15, -0.1) is 0 Å². The Labute approximate surface area is 113 Å². The summed E-state index contributed by atoms with van der Waals surface area (Å²) in [5.41, 5.74) is 9.80. The molecule has 0 aliphatic heterocycles. The van der Waals surface area contributed by atoms with Crippen LogP contribution < -0.4 is 10.6 Å². The van der Waals surface area contributed by atoms with E-state index < -0.39 is 0 Å². The zero-order valence-electron chi connectivity index (χ0n) is 11.4. The molecule has 2 rings (SSSR count). The quantitative estimate of drug-likeness (QED) is 0.912. The maximum Gasteiger partial charge on any atom is 0.128 e. The van der Waals surface area contributed by atoms with Gasteiger partial charge in [0.1, 0.15) is 5.82 Å². The molecule has 0 amide bonds. The number of hydrogen-bond donors (Lipinski definition) is 1. The molecule has 0 bridgehead atoms. The second kappa shape index (κ2) is 5.85. The van der Waals surface area contributed by atoms with Crippen molar-refractivity contribution in [3.8, 4) is 0 Å². The fourth-order valence-electron chi connectivity index (χ4n) is 2.39. The van der Waals surface area contributed by atoms with Crippen LogP contribution >= 0.6 is 0 Å². The van der Waals surface area contributed by atoms with Crippen LogP contribution in [0.15, 0.2) is 42.5 Å². The van der Waals surface area contributed by atoms with E-state index in [4.69, 9.17) is 5.73 Å². The first-order chi connectivity index (χ1) is 9.13. The first-order valence-electron chi connectivity index (χ1n) is 6.36. The average Bonchev–Trinajstić information content (AvgIpc) is 2.40. The topological polar surface area (TPSA) is 29.3 Å². The van der Waals surface area contributed by atoms with Crippen molar-refractivity contribution < 1.29 is 4.39 Å². The molecule has 2 N–H and O–H groups in total. The van der Waals surface area contributed by atoms with Gasteiger partial charge < -0.3 is 10.6 Å². The molecule has 0 radical (unpaired) electrons. The fraction of sp³-hybridized carbons (Fsp3) is 0.250. The van der Waals surface area contributed by atoms with E-state index in [2.05, 4.69) is 4.90 Å². The van der Waals surface area contributed by atoms with Crippen LogP contribution in [-0.2, 0) is 13.1 Å². The molecule has 0 aliphatic carbocycles. The highest BCUT2D eigenvalue weighted by Crippen LogP contribution is 2.25. The van der Waals surface area contributed by atoms with E-state index in [0.29, 0.717) is 18.7 Å². The van der Waals surface area contributed by atoms with Crippen molar-refractivity contribution in [2.24, 2.45) is 5.73 Å². The van der Waals surface area contributed by atoms with Gasteiger partial charge in [-0.3, -0.25) is 0 Å². The third kappa shape index (κ3) is 2.93. The van der Waals surface area contributed by atoms with E-state index in [1.165, 1.54) is 6.07 Å². The average molecular weight is 258 g/mol. The van der Waals surface area contributed by atoms with E-state index >= 15 is 0 Å². The number of anilines is 1. The first-order valence-corrected chi connectivity index (χ1v) is 6.36. The minimum Gasteiger partial charge on any atom is -0.370 e. The smallest absolute Gasteiger partial charge is 0.128 e. The van der Waals surface area contributed by atoms with Gasteiger partial charge in [0, 0.05) is 31.4 Å². The molecule has 2 nitrogen and oxygen atoms in total. The lowest BCUT2D eigenvalue weighted by atomic mass is 10.1. The summed E-state index contributed by atoms with van der Waals surface area (Å²) in [6.07, 6.45) is 0. The molecule has 0 atom stereocenters. The number of para-hydroxylation sites is 1. The van der Waals surface area contributed by atoms with Gasteiger partial charge in [0.15, 0.2) is 0 Å². The summed E-state index contributed by atoms with van der Waals surface area (Å²) in [6, 6.07) is 12.9. The molecule has 0 aliphatic rings. The summed E-state index contributed by atoms with van der Waals surface area (Å²) in [4.78, 5) is 2.05. The van der Waals surface area contributed by atoms with Crippen LogP contribution in [0.25, 0.3) is 0 Å². The van der Waals surface area contributed by atoms with Gasteiger partial charge in [-0.25, -0.2) is 4.39 Å². The molecule has 2 aromatic carbocycles. The van der Waals surface area contributed by atoms with E-state index in [0.717, 1.165) is 16.8 Å². The lowest BCUT2D eigenvalue weighted by molar-refractivity contribution is 0.607. The predicted molar refractivity (Wildman–Crippen MR) is 77.6 cm³/mol. The number of rotatable bonds is 4. The molecule has 0 saturated heterocycles. The summed E-state index contributed by atoms with van der Waals surface area (Å²) in [5.74, 6) is -0.169. The van der Waals surface area contributed by atoms with Crippen molar-refractivity contribution in [2.45, 2.75) is 20.0 Å². The highest BCUT2D eigenvalue weighted by atomic mass is 19.1. The summed E-state index contributed by atoms with van der Waals surface area (Å²) in [5, 5.41) is 0. The predicted octanol–water partition coefficient (Wildman–Crippen LogP) is 3.23. The van der Waals surface area contributed by atoms with Crippen molar-refractivity contribution in [3.05, 3.63) is 65.0 Å². The molecular weight excluding hydrogens is 239 g/mol. The van der Waals surface area contributed by atoms with Gasteiger partial charge in [-0.2, -0.15) is 0 Å². The van der Waals surface area contributed by atoms with Gasteiger partial charge >= 0.3 is 0 Å². The molecule has 0 fully saturated rings. The van der Waals surface area contributed by atoms with Crippen molar-refractivity contribution in [1.29, 1.82) is 0 Å². The Balaban J connectivity index is 2.30. The van der Waals surface area contributed by atoms with Crippen molar-refractivity contribution in [3.63, 3.8) is 0 Å². The van der Waals surface area contributed by atoms with Crippen molar-refractivity contribution in [1.82, 2.24) is 0 Å². The largest absolute Gasteiger partial charge is 0.370 e. The normalized spacial score (nSPS) is 10.5. The van der Waals surface area contributed by atoms with Gasteiger partial charge in [-0.05, 0) is 24.1 Å². The maximum absolute atomic E-state index is 13.7. The first kappa shape index (κ1) is 13.6. The highest BCUT2D eigenvalue weighted by Gasteiger charge is 2.11. The maximum atomic E-state index is 13.7. The minimum atomic E-state index is -0.169. The minimum absolute atomic E-state index is 0.169. The molecule has 100 valence electrons. The molecular formula is C16H19FN2. The van der Waals surface area contributed by atoms with Crippen LogP contribution in [0.5, 0.6) is 0 Å². The molecule has 0 spiro atoms. The van der Waals surface area contributed by atoms with Crippen molar-refractivity contribution in [2.75, 3.05) is 11.9 Å². The lowest BCUT2D eigenvalue weighted by Gasteiger charge is -2.24. The molecule has 0 aromatic heterocycles. The van der Waals surface area contributed by atoms with Crippen LogP contribution in [0, 0.1) is 12.7 Å². The Bertz CT molecular complexity index is 566. The van der Waals surface area contributed by atoms with Gasteiger partial charge in [-0.1, -0.05) is 36.4 Å². The third-order valence-electron chi connectivity index (χ3n) is 3.29. The summed E-state index contributed by atoms with van der Waals surface area (Å²) >= 11 is 0. The summed E-state index contributed by atoms with van der Waals surface area (Å²) < 4.78 is 13.7. The lowest BCUT2D eigenvalue weighted by Crippen LogP contribution is -2.20. The van der Waals surface area contributed by atoms with Crippen LogP contribution in [0.3, 0.4) is 0 Å². The highest BCUT2D eigenvalue weighted by molar-refractivity contribution is 5.59. The van der Waals surface area contributed by atoms with E-state index in [-0.39, 0.29) is 5.82 Å². The van der Waals surface area contributed by atoms with Crippen LogP contribution in [0.1, 0.15) is 16.7 Å². The number of halogens is 1. The van der Waals surface area contributed by atoms with Gasteiger partial charge in [0.05, 0.1) is 0 Å². The Morgan fingerprint density at radius 1 is 1.05 bits per heavy atom. The second-order valence-electron chi connectivity index (χ2n) is 4.73. The molecule has 2 aromatic rings. The number of nitrogens with two attached hydrogens (primary N) is 1. The number of nitrogens with zero attached hydrogens (tertiary/aromatic N) is 1. The second-order valence-corrected chi connectivity index (χ2v) is 4.73. The van der Waals surface area contributed by atoms with Gasteiger partial charge in [0.2, 0.25) is 0 Å². The Morgan fingerprint density at radius 3 is 2.42 bits per heavy atom. The molecule has 0 saturated carbocycles. The molecule has 0 unspecified atom stereocenters. The zero-order valence-corrected chi connectivity index (χ0v) is 11.4. The SMILES string of the molecule is Cc1cccc(CN)c1N(C)Cc1ccccc1F. The molecule has 3 heteroatoms. The number of aryl methyl sites for hydroxylation is 1. The zero-order chi connectivity index (χ0) is 13.8. The van der Waals surface area contributed by atoms with Crippen molar-refractivity contribution >= 4 is 5.69 Å². The van der Waals surface area contributed by atoms with E-state index in [1.807, 2.05) is 44.3 Å². The van der Waals surface area contributed by atoms with Crippen LogP contribution in [0.2, 0.25) is 0 Å². The number of benzene rings is 2. The standard InChI is InChI=1S/C16H19FN2/c1-12-6-5-8-13(10-18)16(12)19(2)11-14-7-3-4-9-15(14)17/h3-9H,10-11,18H2,1-2H3. The monoisotopic (exact) mass is 258 g/mol. The van der Waals surface area contributed by atoms with Crippen LogP contribution in [0.4, 0.5) is 10.1 Å². The fourth-order valence-corrected chi connectivity index (χ4v) is 2.39. The Morgan fingerprint density at radius 2 is 1.74 bits per heavy atom. The Hall–Kier alpha value is -1.87. The van der Waals surface area contributed by atoms with Crippen LogP contribution in [-0.4, -0.2) is 7.05 Å².